The summed E-state index contributed by atoms with van der Waals surface area (Å²) >= 11 is 0. The molecule has 0 saturated carbocycles. The van der Waals surface area contributed by atoms with Crippen LogP contribution in [-0.4, -0.2) is 39.8 Å². The van der Waals surface area contributed by atoms with Crippen molar-refractivity contribution in [1.82, 2.24) is 9.71 Å². The number of aromatic nitrogens is 1. The normalized spacial score (nSPS) is 13.8. The van der Waals surface area contributed by atoms with Crippen LogP contribution in [0.1, 0.15) is 12.8 Å². The van der Waals surface area contributed by atoms with Crippen molar-refractivity contribution in [3.05, 3.63) is 54.7 Å². The SMILES string of the molecule is O=S(=O)(NCCCOc1cccc2cccnc12)c1ccc2c(c1)OCCCO2. The van der Waals surface area contributed by atoms with Gasteiger partial charge in [-0.1, -0.05) is 18.2 Å². The smallest absolute Gasteiger partial charge is 0.240 e. The first-order valence-electron chi connectivity index (χ1n) is 9.49. The quantitative estimate of drug-likeness (QED) is 0.598. The molecule has 0 fully saturated rings. The highest BCUT2D eigenvalue weighted by atomic mass is 32.2. The van der Waals surface area contributed by atoms with E-state index in [4.69, 9.17) is 14.2 Å². The Morgan fingerprint density at radius 2 is 1.86 bits per heavy atom. The van der Waals surface area contributed by atoms with Crippen molar-refractivity contribution >= 4 is 20.9 Å². The predicted molar refractivity (Wildman–Crippen MR) is 109 cm³/mol. The van der Waals surface area contributed by atoms with Crippen LogP contribution >= 0.6 is 0 Å². The van der Waals surface area contributed by atoms with E-state index in [1.54, 1.807) is 12.3 Å². The van der Waals surface area contributed by atoms with Crippen molar-refractivity contribution in [2.75, 3.05) is 26.4 Å². The molecule has 1 aliphatic rings. The topological polar surface area (TPSA) is 86.8 Å². The average molecular weight is 414 g/mol. The molecule has 2 aromatic carbocycles. The first-order valence-corrected chi connectivity index (χ1v) is 11.0. The molecule has 1 aromatic heterocycles. The fraction of sp³-hybridized carbons (Fsp3) is 0.286. The van der Waals surface area contributed by atoms with Gasteiger partial charge in [-0.05, 0) is 30.7 Å². The van der Waals surface area contributed by atoms with Gasteiger partial charge >= 0.3 is 0 Å². The number of rotatable bonds is 7. The molecule has 1 aliphatic heterocycles. The number of nitrogens with one attached hydrogen (secondary N) is 1. The zero-order chi connectivity index (χ0) is 20.1. The minimum atomic E-state index is -3.64. The van der Waals surface area contributed by atoms with Gasteiger partial charge in [-0.2, -0.15) is 0 Å². The number of ether oxygens (including phenoxy) is 3. The van der Waals surface area contributed by atoms with Gasteiger partial charge in [0.25, 0.3) is 0 Å². The zero-order valence-electron chi connectivity index (χ0n) is 15.8. The lowest BCUT2D eigenvalue weighted by atomic mass is 10.2. The van der Waals surface area contributed by atoms with Gasteiger partial charge in [0, 0.05) is 30.6 Å². The van der Waals surface area contributed by atoms with E-state index >= 15 is 0 Å². The third-order valence-corrected chi connectivity index (χ3v) is 5.95. The molecule has 4 rings (SSSR count). The second-order valence-electron chi connectivity index (χ2n) is 6.59. The Morgan fingerprint density at radius 1 is 1.03 bits per heavy atom. The van der Waals surface area contributed by atoms with Gasteiger partial charge < -0.3 is 14.2 Å². The van der Waals surface area contributed by atoms with E-state index in [1.165, 1.54) is 12.1 Å². The van der Waals surface area contributed by atoms with E-state index in [2.05, 4.69) is 9.71 Å². The van der Waals surface area contributed by atoms with Crippen molar-refractivity contribution in [2.45, 2.75) is 17.7 Å². The molecule has 1 N–H and O–H groups in total. The van der Waals surface area contributed by atoms with E-state index < -0.39 is 10.0 Å². The monoisotopic (exact) mass is 414 g/mol. The first-order chi connectivity index (χ1) is 14.1. The fourth-order valence-electron chi connectivity index (χ4n) is 3.05. The largest absolute Gasteiger partial charge is 0.491 e. The lowest BCUT2D eigenvalue weighted by Gasteiger charge is -2.11. The van der Waals surface area contributed by atoms with Gasteiger partial charge in [0.2, 0.25) is 10.0 Å². The number of para-hydroxylation sites is 1. The molecule has 0 spiro atoms. The maximum absolute atomic E-state index is 12.6. The molecule has 0 aliphatic carbocycles. The van der Waals surface area contributed by atoms with Gasteiger partial charge in [-0.25, -0.2) is 13.1 Å². The van der Waals surface area contributed by atoms with Crippen molar-refractivity contribution < 1.29 is 22.6 Å². The van der Waals surface area contributed by atoms with E-state index in [0.717, 1.165) is 17.3 Å². The highest BCUT2D eigenvalue weighted by molar-refractivity contribution is 7.89. The van der Waals surface area contributed by atoms with Crippen LogP contribution in [0.4, 0.5) is 0 Å². The molecule has 152 valence electrons. The maximum Gasteiger partial charge on any atom is 0.240 e. The lowest BCUT2D eigenvalue weighted by molar-refractivity contribution is 0.297. The second kappa shape index (κ2) is 8.67. The number of hydrogen-bond acceptors (Lipinski definition) is 6. The van der Waals surface area contributed by atoms with Crippen LogP contribution in [-0.2, 0) is 10.0 Å². The molecule has 8 heteroatoms. The third kappa shape index (κ3) is 4.60. The summed E-state index contributed by atoms with van der Waals surface area (Å²) in [6.07, 6.45) is 3.01. The van der Waals surface area contributed by atoms with Crippen LogP contribution in [0.25, 0.3) is 10.9 Å². The summed E-state index contributed by atoms with van der Waals surface area (Å²) in [6.45, 7) is 1.70. The number of sulfonamides is 1. The van der Waals surface area contributed by atoms with Crippen molar-refractivity contribution in [3.63, 3.8) is 0 Å². The summed E-state index contributed by atoms with van der Waals surface area (Å²) < 4.78 is 44.6. The molecule has 2 heterocycles. The standard InChI is InChI=1S/C21H22N2O5S/c24-29(25,17-8-9-18-20(15-17)28-14-4-13-26-18)23-11-3-12-27-19-7-1-5-16-6-2-10-22-21(16)19/h1-2,5-10,15,23H,3-4,11-14H2. The van der Waals surface area contributed by atoms with E-state index in [-0.39, 0.29) is 11.4 Å². The summed E-state index contributed by atoms with van der Waals surface area (Å²) in [6, 6.07) is 14.2. The Morgan fingerprint density at radius 3 is 2.76 bits per heavy atom. The van der Waals surface area contributed by atoms with Crippen molar-refractivity contribution in [1.29, 1.82) is 0 Å². The van der Waals surface area contributed by atoms with E-state index in [1.807, 2.05) is 30.3 Å². The van der Waals surface area contributed by atoms with Gasteiger partial charge in [0.15, 0.2) is 11.5 Å². The maximum atomic E-state index is 12.6. The fourth-order valence-corrected chi connectivity index (χ4v) is 4.14. The molecule has 3 aromatic rings. The molecule has 0 unspecified atom stereocenters. The van der Waals surface area contributed by atoms with Gasteiger partial charge in [0.1, 0.15) is 11.3 Å². The van der Waals surface area contributed by atoms with Crippen LogP contribution in [0.15, 0.2) is 59.6 Å². The average Bonchev–Trinajstić information content (AvgIpc) is 2.98. The van der Waals surface area contributed by atoms with Gasteiger partial charge in [0.05, 0.1) is 24.7 Å². The highest BCUT2D eigenvalue weighted by Crippen LogP contribution is 2.31. The number of fused-ring (bicyclic) bond motifs is 2. The molecule has 0 radical (unpaired) electrons. The van der Waals surface area contributed by atoms with E-state index in [9.17, 15) is 8.42 Å². The second-order valence-corrected chi connectivity index (χ2v) is 8.36. The Kier molecular flexibility index (Phi) is 5.82. The minimum absolute atomic E-state index is 0.154. The summed E-state index contributed by atoms with van der Waals surface area (Å²) in [4.78, 5) is 4.50. The highest BCUT2D eigenvalue weighted by Gasteiger charge is 2.18. The summed E-state index contributed by atoms with van der Waals surface area (Å²) in [5.41, 5.74) is 0.794. The van der Waals surface area contributed by atoms with Crippen LogP contribution in [0, 0.1) is 0 Å². The summed E-state index contributed by atoms with van der Waals surface area (Å²) in [5, 5.41) is 1.00. The minimum Gasteiger partial charge on any atom is -0.491 e. The molecule has 0 bridgehead atoms. The Bertz CT molecular complexity index is 1100. The summed E-state index contributed by atoms with van der Waals surface area (Å²) in [7, 11) is -3.64. The van der Waals surface area contributed by atoms with Crippen LogP contribution in [0.5, 0.6) is 17.2 Å². The van der Waals surface area contributed by atoms with Gasteiger partial charge in [-0.3, -0.25) is 4.98 Å². The van der Waals surface area contributed by atoms with Crippen LogP contribution < -0.4 is 18.9 Å². The van der Waals surface area contributed by atoms with Crippen molar-refractivity contribution in [2.24, 2.45) is 0 Å². The van der Waals surface area contributed by atoms with Gasteiger partial charge in [-0.15, -0.1) is 0 Å². The number of pyridine rings is 1. The Labute approximate surface area is 169 Å². The molecule has 0 saturated heterocycles. The molecular weight excluding hydrogens is 392 g/mol. The Hall–Kier alpha value is -2.84. The van der Waals surface area contributed by atoms with Crippen LogP contribution in [0.3, 0.4) is 0 Å². The first kappa shape index (κ1) is 19.5. The third-order valence-electron chi connectivity index (χ3n) is 4.50. The Balaban J connectivity index is 1.32. The van der Waals surface area contributed by atoms with E-state index in [0.29, 0.717) is 43.5 Å². The number of hydrogen-bond donors (Lipinski definition) is 1. The predicted octanol–water partition coefficient (Wildman–Crippen LogP) is 3.14. The zero-order valence-corrected chi connectivity index (χ0v) is 16.7. The summed E-state index contributed by atoms with van der Waals surface area (Å²) in [5.74, 6) is 1.71. The van der Waals surface area contributed by atoms with Crippen molar-refractivity contribution in [3.8, 4) is 17.2 Å². The molecule has 0 atom stereocenters. The number of nitrogens with zero attached hydrogens (tertiary/aromatic N) is 1. The molecule has 29 heavy (non-hydrogen) atoms. The van der Waals surface area contributed by atoms with Crippen LogP contribution in [0.2, 0.25) is 0 Å². The molecule has 0 amide bonds. The number of benzene rings is 2. The molecule has 7 nitrogen and oxygen atoms in total. The molecular formula is C21H22N2O5S. The lowest BCUT2D eigenvalue weighted by Crippen LogP contribution is -2.26.